The number of rotatable bonds is 3. The normalized spacial score (nSPS) is 14.2. The van der Waals surface area contributed by atoms with Gasteiger partial charge in [0.1, 0.15) is 5.75 Å². The number of alkyl halides is 3. The van der Waals surface area contributed by atoms with Crippen LogP contribution < -0.4 is 9.64 Å². The van der Waals surface area contributed by atoms with E-state index in [2.05, 4.69) is 9.84 Å². The molecular weight excluding hydrogens is 327 g/mol. The summed E-state index contributed by atoms with van der Waals surface area (Å²) in [5.74, 6) is -0.821. The molecule has 0 spiro atoms. The second-order valence-electron chi connectivity index (χ2n) is 5.21. The molecule has 0 N–H and O–H groups in total. The van der Waals surface area contributed by atoms with Gasteiger partial charge < -0.3 is 14.4 Å². The fraction of sp³-hybridized carbons (Fsp3) is 0.333. The minimum absolute atomic E-state index is 0.208. The second kappa shape index (κ2) is 6.16. The Balaban J connectivity index is 1.80. The van der Waals surface area contributed by atoms with E-state index in [1.54, 1.807) is 10.7 Å². The molecule has 0 atom stereocenters. The van der Waals surface area contributed by atoms with Gasteiger partial charge in [-0.3, -0.25) is 9.48 Å². The monoisotopic (exact) mass is 341 g/mol. The number of hydrogen-bond acceptors (Lipinski definition) is 4. The fourth-order valence-electron chi connectivity index (χ4n) is 2.38. The maximum Gasteiger partial charge on any atom is 0.573 e. The van der Waals surface area contributed by atoms with Crippen LogP contribution in [0.3, 0.4) is 0 Å². The molecule has 0 unspecified atom stereocenters. The first-order valence-corrected chi connectivity index (χ1v) is 7.12. The van der Waals surface area contributed by atoms with Crippen LogP contribution in [-0.4, -0.2) is 35.7 Å². The smallest absolute Gasteiger partial charge is 0.406 e. The summed E-state index contributed by atoms with van der Waals surface area (Å²) in [4.78, 5) is 13.7. The van der Waals surface area contributed by atoms with Crippen molar-refractivity contribution in [3.63, 3.8) is 0 Å². The molecule has 24 heavy (non-hydrogen) atoms. The Morgan fingerprint density at radius 2 is 2.17 bits per heavy atom. The number of aromatic nitrogens is 2. The topological polar surface area (TPSA) is 56.6 Å². The number of ether oxygens (including phenoxy) is 2. The first-order chi connectivity index (χ1) is 11.3. The van der Waals surface area contributed by atoms with Gasteiger partial charge in [0.2, 0.25) is 0 Å². The molecule has 6 nitrogen and oxygen atoms in total. The molecule has 1 aliphatic rings. The largest absolute Gasteiger partial charge is 0.573 e. The third kappa shape index (κ3) is 3.51. The van der Waals surface area contributed by atoms with Crippen molar-refractivity contribution in [2.24, 2.45) is 0 Å². The summed E-state index contributed by atoms with van der Waals surface area (Å²) in [6.07, 6.45) is -4.79. The molecule has 0 fully saturated rings. The lowest BCUT2D eigenvalue weighted by Crippen LogP contribution is -2.27. The van der Waals surface area contributed by atoms with E-state index in [1.165, 1.54) is 30.1 Å². The van der Waals surface area contributed by atoms with E-state index in [4.69, 9.17) is 4.74 Å². The molecule has 1 aliphatic heterocycles. The van der Waals surface area contributed by atoms with Crippen LogP contribution in [0.5, 0.6) is 5.75 Å². The molecule has 0 radical (unpaired) electrons. The fourth-order valence-corrected chi connectivity index (χ4v) is 2.38. The highest BCUT2D eigenvalue weighted by Crippen LogP contribution is 2.27. The van der Waals surface area contributed by atoms with E-state index in [0.29, 0.717) is 19.8 Å². The summed E-state index contributed by atoms with van der Waals surface area (Å²) in [7, 11) is 1.46. The van der Waals surface area contributed by atoms with Crippen molar-refractivity contribution in [2.75, 3.05) is 18.6 Å². The van der Waals surface area contributed by atoms with E-state index in [0.717, 1.165) is 11.8 Å². The number of fused-ring (bicyclic) bond motifs is 1. The summed E-state index contributed by atoms with van der Waals surface area (Å²) in [5.41, 5.74) is 1.26. The van der Waals surface area contributed by atoms with Crippen LogP contribution in [0.2, 0.25) is 0 Å². The van der Waals surface area contributed by atoms with Gasteiger partial charge in [-0.2, -0.15) is 5.10 Å². The molecular formula is C15H14F3N3O3. The van der Waals surface area contributed by atoms with Crippen LogP contribution in [0.4, 0.5) is 18.9 Å². The Bertz CT molecular complexity index is 734. The summed E-state index contributed by atoms with van der Waals surface area (Å²) < 4.78 is 47.7. The predicted octanol–water partition coefficient (Wildman–Crippen LogP) is 2.59. The standard InChI is InChI=1S/C15H14F3N3O3/c1-20(10-3-2-4-12(7-10)24-15(16,17)18)14(22)13-8-11-9-23-6-5-21(11)19-13/h2-4,7-8H,5-6,9H2,1H3. The molecule has 0 saturated carbocycles. The quantitative estimate of drug-likeness (QED) is 0.861. The maximum absolute atomic E-state index is 12.5. The SMILES string of the molecule is CN(C(=O)c1cc2n(n1)CCOC2)c1cccc(OC(F)(F)F)c1. The second-order valence-corrected chi connectivity index (χ2v) is 5.21. The number of benzene rings is 1. The Labute approximate surface area is 135 Å². The Morgan fingerprint density at radius 3 is 2.88 bits per heavy atom. The van der Waals surface area contributed by atoms with Crippen molar-refractivity contribution in [1.82, 2.24) is 9.78 Å². The minimum Gasteiger partial charge on any atom is -0.406 e. The van der Waals surface area contributed by atoms with Crippen molar-refractivity contribution in [3.05, 3.63) is 41.7 Å². The average Bonchev–Trinajstić information content (AvgIpc) is 2.96. The molecule has 2 aromatic rings. The number of carbonyl (C=O) groups is 1. The molecule has 9 heteroatoms. The van der Waals surface area contributed by atoms with Gasteiger partial charge in [0.15, 0.2) is 5.69 Å². The lowest BCUT2D eigenvalue weighted by molar-refractivity contribution is -0.274. The molecule has 1 amide bonds. The van der Waals surface area contributed by atoms with Crippen LogP contribution in [0.25, 0.3) is 0 Å². The van der Waals surface area contributed by atoms with Crippen molar-refractivity contribution >= 4 is 11.6 Å². The van der Waals surface area contributed by atoms with Gasteiger partial charge in [0.25, 0.3) is 5.91 Å². The first-order valence-electron chi connectivity index (χ1n) is 7.12. The summed E-state index contributed by atoms with van der Waals surface area (Å²) >= 11 is 0. The molecule has 1 aromatic heterocycles. The molecule has 128 valence electrons. The highest BCUT2D eigenvalue weighted by atomic mass is 19.4. The molecule has 0 aliphatic carbocycles. The van der Waals surface area contributed by atoms with Crippen LogP contribution in [0, 0.1) is 0 Å². The number of halogens is 3. The summed E-state index contributed by atoms with van der Waals surface area (Å²) in [6, 6.07) is 6.83. The van der Waals surface area contributed by atoms with Crippen molar-refractivity contribution < 1.29 is 27.4 Å². The number of nitrogens with zero attached hydrogens (tertiary/aromatic N) is 3. The van der Waals surface area contributed by atoms with Crippen LogP contribution in [0.15, 0.2) is 30.3 Å². The lowest BCUT2D eigenvalue weighted by atomic mass is 10.2. The van der Waals surface area contributed by atoms with Gasteiger partial charge in [-0.05, 0) is 18.2 Å². The lowest BCUT2D eigenvalue weighted by Gasteiger charge is -2.17. The van der Waals surface area contributed by atoms with Crippen LogP contribution >= 0.6 is 0 Å². The van der Waals surface area contributed by atoms with Gasteiger partial charge in [-0.1, -0.05) is 6.07 Å². The van der Waals surface area contributed by atoms with E-state index in [9.17, 15) is 18.0 Å². The van der Waals surface area contributed by atoms with Gasteiger partial charge in [0, 0.05) is 18.8 Å². The predicted molar refractivity (Wildman–Crippen MR) is 77.7 cm³/mol. The van der Waals surface area contributed by atoms with Crippen molar-refractivity contribution in [3.8, 4) is 5.75 Å². The van der Waals surface area contributed by atoms with E-state index in [1.807, 2.05) is 0 Å². The van der Waals surface area contributed by atoms with Gasteiger partial charge >= 0.3 is 6.36 Å². The maximum atomic E-state index is 12.5. The number of anilines is 1. The molecule has 0 bridgehead atoms. The molecule has 2 heterocycles. The zero-order valence-electron chi connectivity index (χ0n) is 12.7. The molecule has 0 saturated heterocycles. The van der Waals surface area contributed by atoms with Crippen molar-refractivity contribution in [2.45, 2.75) is 19.5 Å². The van der Waals surface area contributed by atoms with E-state index in [-0.39, 0.29) is 11.4 Å². The Morgan fingerprint density at radius 1 is 1.38 bits per heavy atom. The Hall–Kier alpha value is -2.55. The number of hydrogen-bond donors (Lipinski definition) is 0. The number of carbonyl (C=O) groups excluding carboxylic acids is 1. The van der Waals surface area contributed by atoms with Crippen LogP contribution in [0.1, 0.15) is 16.2 Å². The van der Waals surface area contributed by atoms with Crippen LogP contribution in [-0.2, 0) is 17.9 Å². The molecule has 3 rings (SSSR count). The van der Waals surface area contributed by atoms with E-state index >= 15 is 0 Å². The third-order valence-corrected chi connectivity index (χ3v) is 3.52. The highest BCUT2D eigenvalue weighted by molar-refractivity contribution is 6.04. The van der Waals surface area contributed by atoms with Gasteiger partial charge in [-0.25, -0.2) is 0 Å². The Kier molecular flexibility index (Phi) is 4.18. The van der Waals surface area contributed by atoms with E-state index < -0.39 is 18.0 Å². The molecule has 1 aromatic carbocycles. The zero-order chi connectivity index (χ0) is 17.3. The summed E-state index contributed by atoms with van der Waals surface area (Å²) in [5, 5.41) is 4.21. The minimum atomic E-state index is -4.79. The third-order valence-electron chi connectivity index (χ3n) is 3.52. The average molecular weight is 341 g/mol. The van der Waals surface area contributed by atoms with Crippen molar-refractivity contribution in [1.29, 1.82) is 0 Å². The van der Waals surface area contributed by atoms with Gasteiger partial charge in [0.05, 0.1) is 25.5 Å². The van der Waals surface area contributed by atoms with Gasteiger partial charge in [-0.15, -0.1) is 13.2 Å². The first kappa shape index (κ1) is 16.3. The summed E-state index contributed by atoms with van der Waals surface area (Å²) in [6.45, 7) is 1.45. The zero-order valence-corrected chi connectivity index (χ0v) is 12.7. The highest BCUT2D eigenvalue weighted by Gasteiger charge is 2.31. The number of amides is 1.